The third-order valence-corrected chi connectivity index (χ3v) is 2.04. The Balaban J connectivity index is 2.52. The second-order valence-corrected chi connectivity index (χ2v) is 3.30. The average Bonchev–Trinajstić information content (AvgIpc) is 2.62. The highest BCUT2D eigenvalue weighted by Gasteiger charge is 2.31. The summed E-state index contributed by atoms with van der Waals surface area (Å²) in [5.41, 5.74) is 4.10. The molecule has 0 aliphatic rings. The van der Waals surface area contributed by atoms with Crippen molar-refractivity contribution in [3.63, 3.8) is 0 Å². The topological polar surface area (TPSA) is 52.0 Å². The van der Waals surface area contributed by atoms with Crippen LogP contribution in [0.5, 0.6) is 0 Å². The van der Waals surface area contributed by atoms with Crippen molar-refractivity contribution in [1.29, 1.82) is 0 Å². The first-order valence-corrected chi connectivity index (χ1v) is 4.45. The van der Waals surface area contributed by atoms with E-state index in [1.54, 1.807) is 0 Å². The highest BCUT2D eigenvalue weighted by Crippen LogP contribution is 2.33. The van der Waals surface area contributed by atoms with Gasteiger partial charge in [-0.2, -0.15) is 18.2 Å². The zero-order chi connectivity index (χ0) is 12.6. The van der Waals surface area contributed by atoms with Gasteiger partial charge in [0.05, 0.1) is 5.56 Å². The maximum absolute atomic E-state index is 13.1. The lowest BCUT2D eigenvalue weighted by Gasteiger charge is -2.07. The van der Waals surface area contributed by atoms with E-state index >= 15 is 0 Å². The number of oxazole rings is 1. The molecule has 1 aromatic carbocycles. The predicted octanol–water partition coefficient (Wildman–Crippen LogP) is 3.08. The molecule has 2 N–H and O–H groups in total. The fourth-order valence-corrected chi connectivity index (χ4v) is 1.32. The molecule has 1 heterocycles. The van der Waals surface area contributed by atoms with E-state index in [2.05, 4.69) is 9.40 Å². The molecule has 2 aromatic rings. The molecule has 0 radical (unpaired) electrons. The summed E-state index contributed by atoms with van der Waals surface area (Å²) in [6.07, 6.45) is -3.56. The second kappa shape index (κ2) is 3.76. The maximum atomic E-state index is 13.1. The highest BCUT2D eigenvalue weighted by molar-refractivity contribution is 5.60. The van der Waals surface area contributed by atoms with E-state index in [1.165, 1.54) is 0 Å². The number of rotatable bonds is 1. The number of hydrogen-bond acceptors (Lipinski definition) is 3. The van der Waals surface area contributed by atoms with E-state index in [0.717, 1.165) is 18.4 Å². The molecule has 0 spiro atoms. The Morgan fingerprint density at radius 2 is 1.88 bits per heavy atom. The van der Waals surface area contributed by atoms with Crippen LogP contribution in [0, 0.1) is 5.82 Å². The van der Waals surface area contributed by atoms with Gasteiger partial charge >= 0.3 is 6.18 Å². The van der Waals surface area contributed by atoms with Crippen molar-refractivity contribution in [2.24, 2.45) is 0 Å². The van der Waals surface area contributed by atoms with Gasteiger partial charge in [0.25, 0.3) is 6.01 Å². The van der Waals surface area contributed by atoms with Crippen LogP contribution in [0.1, 0.15) is 5.56 Å². The molecule has 0 bridgehead atoms. The number of hydrogen-bond donors (Lipinski definition) is 1. The van der Waals surface area contributed by atoms with Crippen molar-refractivity contribution in [2.45, 2.75) is 6.18 Å². The van der Waals surface area contributed by atoms with Crippen molar-refractivity contribution in [3.8, 4) is 11.3 Å². The molecule has 0 aliphatic carbocycles. The summed E-state index contributed by atoms with van der Waals surface area (Å²) in [5.74, 6) is -1.00. The minimum atomic E-state index is -4.62. The van der Waals surface area contributed by atoms with Gasteiger partial charge in [0.1, 0.15) is 17.8 Å². The van der Waals surface area contributed by atoms with Crippen molar-refractivity contribution in [3.05, 3.63) is 35.8 Å². The van der Waals surface area contributed by atoms with Crippen LogP contribution in [0.15, 0.2) is 28.9 Å². The fraction of sp³-hybridized carbons (Fsp3) is 0.100. The normalized spacial score (nSPS) is 11.8. The van der Waals surface area contributed by atoms with Crippen LogP contribution in [0.25, 0.3) is 11.3 Å². The fourth-order valence-electron chi connectivity index (χ4n) is 1.32. The van der Waals surface area contributed by atoms with Crippen LogP contribution in [0.3, 0.4) is 0 Å². The van der Waals surface area contributed by atoms with Crippen LogP contribution in [0.2, 0.25) is 0 Å². The summed E-state index contributed by atoms with van der Waals surface area (Å²) in [6, 6.07) is 1.91. The minimum absolute atomic E-state index is 0.0437. The summed E-state index contributed by atoms with van der Waals surface area (Å²) < 4.78 is 55.0. The molecule has 3 nitrogen and oxygen atoms in total. The van der Waals surface area contributed by atoms with Gasteiger partial charge in [-0.05, 0) is 18.2 Å². The number of nitrogen functional groups attached to an aromatic ring is 1. The first-order chi connectivity index (χ1) is 7.86. The highest BCUT2D eigenvalue weighted by atomic mass is 19.4. The molecule has 0 aliphatic heterocycles. The van der Waals surface area contributed by atoms with Crippen molar-refractivity contribution < 1.29 is 22.0 Å². The third-order valence-electron chi connectivity index (χ3n) is 2.04. The Bertz CT molecular complexity index is 547. The maximum Gasteiger partial charge on any atom is 0.416 e. The van der Waals surface area contributed by atoms with Gasteiger partial charge in [-0.1, -0.05) is 0 Å². The summed E-state index contributed by atoms with van der Waals surface area (Å²) in [6.45, 7) is 0. The van der Waals surface area contributed by atoms with E-state index in [4.69, 9.17) is 5.73 Å². The van der Waals surface area contributed by atoms with E-state index in [-0.39, 0.29) is 17.3 Å². The Hall–Kier alpha value is -2.05. The molecule has 17 heavy (non-hydrogen) atoms. The number of nitrogens with zero attached hydrogens (tertiary/aromatic N) is 1. The standard InChI is InChI=1S/C10H6F4N2O/c11-7-2-5(8-4-17-9(15)16-8)1-6(3-7)10(12,13)14/h1-4H,(H2,15,16). The molecule has 7 heteroatoms. The summed E-state index contributed by atoms with van der Waals surface area (Å²) >= 11 is 0. The van der Waals surface area contributed by atoms with E-state index in [0.29, 0.717) is 6.07 Å². The molecule has 0 amide bonds. The van der Waals surface area contributed by atoms with Gasteiger partial charge in [-0.3, -0.25) is 0 Å². The molecule has 1 aromatic heterocycles. The Morgan fingerprint density at radius 3 is 2.41 bits per heavy atom. The molecular formula is C10H6F4N2O. The molecule has 0 saturated heterocycles. The smallest absolute Gasteiger partial charge is 0.416 e. The van der Waals surface area contributed by atoms with E-state index < -0.39 is 17.6 Å². The number of anilines is 1. The van der Waals surface area contributed by atoms with Gasteiger partial charge in [0, 0.05) is 5.56 Å². The summed E-state index contributed by atoms with van der Waals surface area (Å²) in [4.78, 5) is 3.62. The quantitative estimate of drug-likeness (QED) is 0.786. The largest absolute Gasteiger partial charge is 0.432 e. The van der Waals surface area contributed by atoms with E-state index in [1.807, 2.05) is 0 Å². The lowest BCUT2D eigenvalue weighted by molar-refractivity contribution is -0.137. The lowest BCUT2D eigenvalue weighted by Crippen LogP contribution is -2.05. The zero-order valence-electron chi connectivity index (χ0n) is 8.25. The van der Waals surface area contributed by atoms with Gasteiger partial charge < -0.3 is 10.2 Å². The van der Waals surface area contributed by atoms with E-state index in [9.17, 15) is 17.6 Å². The zero-order valence-corrected chi connectivity index (χ0v) is 8.25. The monoisotopic (exact) mass is 246 g/mol. The number of benzene rings is 1. The lowest BCUT2D eigenvalue weighted by atomic mass is 10.1. The molecular weight excluding hydrogens is 240 g/mol. The Kier molecular flexibility index (Phi) is 2.53. The Labute approximate surface area is 92.9 Å². The average molecular weight is 246 g/mol. The first kappa shape index (κ1) is 11.4. The molecule has 2 rings (SSSR count). The van der Waals surface area contributed by atoms with Gasteiger partial charge in [-0.25, -0.2) is 4.39 Å². The molecule has 90 valence electrons. The second-order valence-electron chi connectivity index (χ2n) is 3.30. The van der Waals surface area contributed by atoms with Gasteiger partial charge in [0.15, 0.2) is 0 Å². The number of nitrogens with two attached hydrogens (primary N) is 1. The van der Waals surface area contributed by atoms with Crippen molar-refractivity contribution in [1.82, 2.24) is 4.98 Å². The molecule has 0 atom stereocenters. The third kappa shape index (κ3) is 2.38. The first-order valence-electron chi connectivity index (χ1n) is 4.45. The number of alkyl halides is 3. The number of aromatic nitrogens is 1. The SMILES string of the molecule is Nc1nc(-c2cc(F)cc(C(F)(F)F)c2)co1. The molecule has 0 unspecified atom stereocenters. The van der Waals surface area contributed by atoms with Crippen molar-refractivity contribution in [2.75, 3.05) is 5.73 Å². The molecule has 0 saturated carbocycles. The summed E-state index contributed by atoms with van der Waals surface area (Å²) in [7, 11) is 0. The van der Waals surface area contributed by atoms with Crippen molar-refractivity contribution >= 4 is 6.01 Å². The molecule has 0 fully saturated rings. The van der Waals surface area contributed by atoms with Crippen LogP contribution >= 0.6 is 0 Å². The number of halogens is 4. The van der Waals surface area contributed by atoms with Crippen LogP contribution in [-0.4, -0.2) is 4.98 Å². The summed E-state index contributed by atoms with van der Waals surface area (Å²) in [5, 5.41) is 0. The van der Waals surface area contributed by atoms with Crippen LogP contribution in [-0.2, 0) is 6.18 Å². The Morgan fingerprint density at radius 1 is 1.18 bits per heavy atom. The van der Waals surface area contributed by atoms with Gasteiger partial charge in [0.2, 0.25) is 0 Å². The van der Waals surface area contributed by atoms with Crippen LogP contribution in [0.4, 0.5) is 23.6 Å². The predicted molar refractivity (Wildman–Crippen MR) is 51.3 cm³/mol. The van der Waals surface area contributed by atoms with Crippen LogP contribution < -0.4 is 5.73 Å². The van der Waals surface area contributed by atoms with Gasteiger partial charge in [-0.15, -0.1) is 0 Å². The minimum Gasteiger partial charge on any atom is -0.432 e.